The number of hydrogen-bond acceptors (Lipinski definition) is 3. The zero-order valence-electron chi connectivity index (χ0n) is 8.22. The average Bonchev–Trinajstić information content (AvgIpc) is 2.18. The van der Waals surface area contributed by atoms with E-state index in [4.69, 9.17) is 10.8 Å². The van der Waals surface area contributed by atoms with Gasteiger partial charge in [-0.05, 0) is 6.42 Å². The van der Waals surface area contributed by atoms with E-state index in [2.05, 4.69) is 0 Å². The molecule has 0 heterocycles. The van der Waals surface area contributed by atoms with Gasteiger partial charge in [-0.3, -0.25) is 4.79 Å². The Bertz CT molecular complexity index is 279. The third-order valence-corrected chi connectivity index (χ3v) is 1.84. The number of nitrogens with two attached hydrogens (primary N) is 1. The molecule has 0 aromatic heterocycles. The first kappa shape index (κ1) is 16.5. The first-order valence-corrected chi connectivity index (χ1v) is 4.21. The van der Waals surface area contributed by atoms with E-state index >= 15 is 0 Å². The average molecular weight is 234 g/mol. The Morgan fingerprint density at radius 2 is 1.87 bits per heavy atom. The van der Waals surface area contributed by atoms with Crippen LogP contribution in [0.25, 0.3) is 0 Å². The van der Waals surface area contributed by atoms with Crippen LogP contribution >= 0.6 is 12.4 Å². The molecule has 1 rings (SSSR count). The molecule has 15 heavy (non-hydrogen) atoms. The van der Waals surface area contributed by atoms with Crippen molar-refractivity contribution in [1.29, 1.82) is 0 Å². The molecule has 0 amide bonds. The maximum atomic E-state index is 11.5. The van der Waals surface area contributed by atoms with Crippen LogP contribution in [-0.4, -0.2) is 29.0 Å². The van der Waals surface area contributed by atoms with E-state index in [1.165, 1.54) is 0 Å². The van der Waals surface area contributed by atoms with Crippen molar-refractivity contribution in [2.24, 2.45) is 5.73 Å². The van der Waals surface area contributed by atoms with Crippen LogP contribution in [0.4, 0.5) is 0 Å². The van der Waals surface area contributed by atoms with Crippen molar-refractivity contribution in [1.82, 2.24) is 0 Å². The van der Waals surface area contributed by atoms with Gasteiger partial charge in [0.1, 0.15) is 0 Å². The Balaban J connectivity index is 0. The first-order valence-electron chi connectivity index (χ1n) is 4.21. The molecule has 5 heteroatoms. The number of carbonyl (C=O) groups excluding carboxylic acids is 1. The number of carbonyl (C=O) groups is 1. The molecule has 1 atom stereocenters. The van der Waals surface area contributed by atoms with Crippen molar-refractivity contribution in [3.8, 4) is 0 Å². The minimum atomic E-state index is -0.590. The normalized spacial score (nSPS) is 10.8. The summed E-state index contributed by atoms with van der Waals surface area (Å²) in [7, 11) is 0. The Labute approximate surface area is 94.8 Å². The molecule has 86 valence electrons. The van der Waals surface area contributed by atoms with Gasteiger partial charge >= 0.3 is 0 Å². The van der Waals surface area contributed by atoms with Crippen LogP contribution in [-0.2, 0) is 0 Å². The van der Waals surface area contributed by atoms with Gasteiger partial charge in [-0.15, -0.1) is 12.4 Å². The van der Waals surface area contributed by atoms with Crippen LogP contribution in [0.3, 0.4) is 0 Å². The van der Waals surface area contributed by atoms with Crippen molar-refractivity contribution in [2.75, 3.05) is 6.61 Å². The Morgan fingerprint density at radius 3 is 2.33 bits per heavy atom. The van der Waals surface area contributed by atoms with Crippen LogP contribution in [0.5, 0.6) is 0 Å². The quantitative estimate of drug-likeness (QED) is 0.726. The lowest BCUT2D eigenvalue weighted by molar-refractivity contribution is 0.0946. The van der Waals surface area contributed by atoms with Gasteiger partial charge in [0.05, 0.1) is 6.04 Å². The summed E-state index contributed by atoms with van der Waals surface area (Å²) in [5.74, 6) is -0.116. The summed E-state index contributed by atoms with van der Waals surface area (Å²) in [6, 6.07) is 8.28. The topological polar surface area (TPSA) is 94.8 Å². The highest BCUT2D eigenvalue weighted by Crippen LogP contribution is 2.03. The highest BCUT2D eigenvalue weighted by Gasteiger charge is 2.13. The highest BCUT2D eigenvalue weighted by molar-refractivity contribution is 5.99. The minimum absolute atomic E-state index is 0. The number of benzene rings is 1. The molecule has 1 unspecified atom stereocenters. The largest absolute Gasteiger partial charge is 0.412 e. The SMILES string of the molecule is Cl.NC(CCO)C(=O)c1ccccc1.O. The van der Waals surface area contributed by atoms with Crippen molar-refractivity contribution < 1.29 is 15.4 Å². The lowest BCUT2D eigenvalue weighted by Gasteiger charge is -2.07. The zero-order chi connectivity index (χ0) is 9.68. The summed E-state index contributed by atoms with van der Waals surface area (Å²) in [6.45, 7) is -0.0558. The summed E-state index contributed by atoms with van der Waals surface area (Å²) in [4.78, 5) is 11.5. The Kier molecular flexibility index (Phi) is 9.21. The summed E-state index contributed by atoms with van der Waals surface area (Å²) in [6.07, 6.45) is 0.313. The predicted molar refractivity (Wildman–Crippen MR) is 61.3 cm³/mol. The van der Waals surface area contributed by atoms with Gasteiger partial charge in [-0.1, -0.05) is 30.3 Å². The van der Waals surface area contributed by atoms with Crippen LogP contribution < -0.4 is 5.73 Å². The predicted octanol–water partition coefficient (Wildman–Crippen LogP) is 0.176. The fourth-order valence-corrected chi connectivity index (χ4v) is 1.09. The van der Waals surface area contributed by atoms with E-state index in [9.17, 15) is 4.79 Å². The van der Waals surface area contributed by atoms with Gasteiger partial charge < -0.3 is 16.3 Å². The van der Waals surface area contributed by atoms with Gasteiger partial charge in [0.25, 0.3) is 0 Å². The van der Waals surface area contributed by atoms with Gasteiger partial charge in [0.15, 0.2) is 5.78 Å². The lowest BCUT2D eigenvalue weighted by Crippen LogP contribution is -2.31. The molecule has 1 aromatic rings. The highest BCUT2D eigenvalue weighted by atomic mass is 35.5. The van der Waals surface area contributed by atoms with E-state index < -0.39 is 6.04 Å². The summed E-state index contributed by atoms with van der Waals surface area (Å²) in [5.41, 5.74) is 6.15. The number of ketones is 1. The van der Waals surface area contributed by atoms with E-state index in [1.807, 2.05) is 6.07 Å². The molecule has 0 aliphatic heterocycles. The molecule has 0 aliphatic rings. The molecule has 0 aliphatic carbocycles. The van der Waals surface area contributed by atoms with Gasteiger partial charge in [-0.2, -0.15) is 0 Å². The first-order chi connectivity index (χ1) is 6.25. The van der Waals surface area contributed by atoms with Crippen LogP contribution in [0.1, 0.15) is 16.8 Å². The minimum Gasteiger partial charge on any atom is -0.412 e. The Morgan fingerprint density at radius 1 is 1.33 bits per heavy atom. The second-order valence-corrected chi connectivity index (χ2v) is 2.85. The maximum Gasteiger partial charge on any atom is 0.179 e. The molecular weight excluding hydrogens is 218 g/mol. The van der Waals surface area contributed by atoms with Crippen LogP contribution in [0.15, 0.2) is 30.3 Å². The molecule has 1 aromatic carbocycles. The third-order valence-electron chi connectivity index (χ3n) is 1.84. The van der Waals surface area contributed by atoms with E-state index in [1.54, 1.807) is 24.3 Å². The molecule has 0 radical (unpaired) electrons. The summed E-state index contributed by atoms with van der Waals surface area (Å²) < 4.78 is 0. The number of halogens is 1. The third kappa shape index (κ3) is 4.90. The van der Waals surface area contributed by atoms with Crippen molar-refractivity contribution >= 4 is 18.2 Å². The van der Waals surface area contributed by atoms with Crippen LogP contribution in [0.2, 0.25) is 0 Å². The van der Waals surface area contributed by atoms with Crippen LogP contribution in [0, 0.1) is 0 Å². The second-order valence-electron chi connectivity index (χ2n) is 2.85. The van der Waals surface area contributed by atoms with Crippen molar-refractivity contribution in [3.05, 3.63) is 35.9 Å². The van der Waals surface area contributed by atoms with E-state index in [0.717, 1.165) is 0 Å². The molecule has 0 saturated carbocycles. The van der Waals surface area contributed by atoms with E-state index in [0.29, 0.717) is 12.0 Å². The molecule has 0 bridgehead atoms. The molecule has 4 nitrogen and oxygen atoms in total. The van der Waals surface area contributed by atoms with Crippen molar-refractivity contribution in [3.63, 3.8) is 0 Å². The number of aliphatic hydroxyl groups is 1. The van der Waals surface area contributed by atoms with E-state index in [-0.39, 0.29) is 30.3 Å². The second kappa shape index (κ2) is 8.38. The Hall–Kier alpha value is -0.940. The fraction of sp³-hybridized carbons (Fsp3) is 0.300. The number of Topliss-reactive ketones (excluding diaryl/α,β-unsaturated/α-hetero) is 1. The standard InChI is InChI=1S/C10H13NO2.ClH.H2O/c11-9(6-7-12)10(13)8-4-2-1-3-5-8;;/h1-5,9,12H,6-7,11H2;1H;1H2. The number of rotatable bonds is 4. The number of hydrogen-bond donors (Lipinski definition) is 2. The summed E-state index contributed by atoms with van der Waals surface area (Å²) >= 11 is 0. The smallest absolute Gasteiger partial charge is 0.179 e. The molecule has 0 saturated heterocycles. The van der Waals surface area contributed by atoms with Crippen molar-refractivity contribution in [2.45, 2.75) is 12.5 Å². The molecule has 0 fully saturated rings. The maximum absolute atomic E-state index is 11.5. The fourth-order valence-electron chi connectivity index (χ4n) is 1.09. The lowest BCUT2D eigenvalue weighted by atomic mass is 10.0. The summed E-state index contributed by atoms with van der Waals surface area (Å²) in [5, 5.41) is 8.60. The van der Waals surface area contributed by atoms with Gasteiger partial charge in [-0.25, -0.2) is 0 Å². The molecular formula is C10H16ClNO3. The monoisotopic (exact) mass is 233 g/mol. The van der Waals surface area contributed by atoms with Gasteiger partial charge in [0.2, 0.25) is 0 Å². The zero-order valence-corrected chi connectivity index (χ0v) is 9.04. The molecule has 0 spiro atoms. The number of aliphatic hydroxyl groups excluding tert-OH is 1. The molecule has 5 N–H and O–H groups in total. The van der Waals surface area contributed by atoms with Gasteiger partial charge in [0, 0.05) is 12.2 Å².